The quantitative estimate of drug-likeness (QED) is 0.357. The van der Waals surface area contributed by atoms with Crippen molar-refractivity contribution in [2.24, 2.45) is 0 Å². The highest BCUT2D eigenvalue weighted by atomic mass is 16.6. The number of carbonyl (C=O) groups excluding carboxylic acids is 1. The van der Waals surface area contributed by atoms with Crippen molar-refractivity contribution in [3.05, 3.63) is 33.9 Å². The highest BCUT2D eigenvalue weighted by Crippen LogP contribution is 2.22. The molecule has 1 aromatic rings. The van der Waals surface area contributed by atoms with E-state index in [0.29, 0.717) is 18.8 Å². The predicted octanol–water partition coefficient (Wildman–Crippen LogP) is 1.44. The Hall–Kier alpha value is -2.15. The zero-order valence-electron chi connectivity index (χ0n) is 10.1. The summed E-state index contributed by atoms with van der Waals surface area (Å²) in [6.07, 6.45) is 0. The van der Waals surface area contributed by atoms with Crippen LogP contribution < -0.4 is 5.32 Å². The first kappa shape index (κ1) is 13.9. The van der Waals surface area contributed by atoms with E-state index in [2.05, 4.69) is 10.1 Å². The van der Waals surface area contributed by atoms with E-state index in [1.54, 1.807) is 7.11 Å². The number of rotatable bonds is 6. The van der Waals surface area contributed by atoms with Gasteiger partial charge in [0, 0.05) is 31.5 Å². The van der Waals surface area contributed by atoms with E-state index in [9.17, 15) is 14.9 Å². The van der Waals surface area contributed by atoms with E-state index in [1.165, 1.54) is 25.3 Å². The topological polar surface area (TPSA) is 90.7 Å². The molecule has 0 aliphatic heterocycles. The largest absolute Gasteiger partial charge is 0.465 e. The molecule has 1 aromatic carbocycles. The molecule has 0 bridgehead atoms. The van der Waals surface area contributed by atoms with Crippen LogP contribution >= 0.6 is 0 Å². The number of benzene rings is 1. The Labute approximate surface area is 104 Å². The van der Waals surface area contributed by atoms with Crippen LogP contribution in [0.25, 0.3) is 0 Å². The van der Waals surface area contributed by atoms with Gasteiger partial charge in [0.2, 0.25) is 0 Å². The second kappa shape index (κ2) is 6.55. The molecule has 18 heavy (non-hydrogen) atoms. The molecule has 0 aromatic heterocycles. The van der Waals surface area contributed by atoms with Gasteiger partial charge in [0.05, 0.1) is 24.2 Å². The smallest absolute Gasteiger partial charge is 0.340 e. The Morgan fingerprint density at radius 3 is 2.72 bits per heavy atom. The van der Waals surface area contributed by atoms with Crippen molar-refractivity contribution in [1.82, 2.24) is 0 Å². The van der Waals surface area contributed by atoms with Crippen LogP contribution in [0.2, 0.25) is 0 Å². The van der Waals surface area contributed by atoms with Crippen LogP contribution in [0, 0.1) is 10.1 Å². The molecule has 0 aliphatic rings. The van der Waals surface area contributed by atoms with Crippen molar-refractivity contribution < 1.29 is 19.2 Å². The number of nitrogens with one attached hydrogen (secondary N) is 1. The van der Waals surface area contributed by atoms with Gasteiger partial charge < -0.3 is 14.8 Å². The van der Waals surface area contributed by atoms with Gasteiger partial charge >= 0.3 is 5.97 Å². The van der Waals surface area contributed by atoms with Gasteiger partial charge in [-0.3, -0.25) is 10.1 Å². The van der Waals surface area contributed by atoms with E-state index in [0.717, 1.165) is 0 Å². The fourth-order valence-corrected chi connectivity index (χ4v) is 1.37. The molecule has 0 heterocycles. The zero-order valence-corrected chi connectivity index (χ0v) is 10.1. The molecule has 98 valence electrons. The lowest BCUT2D eigenvalue weighted by Crippen LogP contribution is -2.12. The van der Waals surface area contributed by atoms with Crippen LogP contribution in [0.3, 0.4) is 0 Å². The van der Waals surface area contributed by atoms with Crippen LogP contribution in [0.5, 0.6) is 0 Å². The van der Waals surface area contributed by atoms with Gasteiger partial charge in [-0.1, -0.05) is 0 Å². The molecule has 0 unspecified atom stereocenters. The van der Waals surface area contributed by atoms with Gasteiger partial charge in [0.1, 0.15) is 0 Å². The number of nitro benzene ring substituents is 1. The summed E-state index contributed by atoms with van der Waals surface area (Å²) >= 11 is 0. The van der Waals surface area contributed by atoms with Gasteiger partial charge in [-0.15, -0.1) is 0 Å². The highest BCUT2D eigenvalue weighted by molar-refractivity contribution is 5.96. The summed E-state index contributed by atoms with van der Waals surface area (Å²) in [6, 6.07) is 3.97. The zero-order chi connectivity index (χ0) is 13.5. The molecule has 0 spiro atoms. The Balaban J connectivity index is 3.01. The Bertz CT molecular complexity index is 447. The molecule has 1 N–H and O–H groups in total. The summed E-state index contributed by atoms with van der Waals surface area (Å²) in [6.45, 7) is 0.940. The number of carbonyl (C=O) groups is 1. The van der Waals surface area contributed by atoms with Gasteiger partial charge in [0.15, 0.2) is 0 Å². The Morgan fingerprint density at radius 2 is 2.17 bits per heavy atom. The summed E-state index contributed by atoms with van der Waals surface area (Å²) in [5.41, 5.74) is 0.444. The molecule has 0 aliphatic carbocycles. The predicted molar refractivity (Wildman–Crippen MR) is 64.8 cm³/mol. The molecular weight excluding hydrogens is 240 g/mol. The number of ether oxygens (including phenoxy) is 2. The maximum atomic E-state index is 11.5. The minimum absolute atomic E-state index is 0.128. The molecule has 0 amide bonds. The first-order chi connectivity index (χ1) is 8.60. The summed E-state index contributed by atoms with van der Waals surface area (Å²) in [4.78, 5) is 21.6. The average Bonchev–Trinajstić information content (AvgIpc) is 2.38. The van der Waals surface area contributed by atoms with Crippen LogP contribution in [0.4, 0.5) is 11.4 Å². The second-order valence-electron chi connectivity index (χ2n) is 3.40. The fourth-order valence-electron chi connectivity index (χ4n) is 1.37. The van der Waals surface area contributed by atoms with E-state index in [4.69, 9.17) is 4.74 Å². The van der Waals surface area contributed by atoms with Crippen LogP contribution in [0.15, 0.2) is 18.2 Å². The van der Waals surface area contributed by atoms with Crippen molar-refractivity contribution in [2.45, 2.75) is 0 Å². The number of methoxy groups -OCH3 is 2. The SMILES string of the molecule is COCCNc1ccc([N+](=O)[O-])cc1C(=O)OC. The van der Waals surface area contributed by atoms with Crippen molar-refractivity contribution in [1.29, 1.82) is 0 Å². The van der Waals surface area contributed by atoms with Crippen molar-refractivity contribution >= 4 is 17.3 Å². The maximum absolute atomic E-state index is 11.5. The molecule has 0 fully saturated rings. The standard InChI is InChI=1S/C11H14N2O5/c1-17-6-5-12-10-4-3-8(13(15)16)7-9(10)11(14)18-2/h3-4,7,12H,5-6H2,1-2H3. The normalized spacial score (nSPS) is 9.89. The second-order valence-corrected chi connectivity index (χ2v) is 3.40. The van der Waals surface area contributed by atoms with Crippen LogP contribution in [-0.2, 0) is 9.47 Å². The molecule has 0 saturated heterocycles. The van der Waals surface area contributed by atoms with Crippen LogP contribution in [-0.4, -0.2) is 38.3 Å². The molecule has 0 atom stereocenters. The first-order valence-corrected chi connectivity index (χ1v) is 5.19. The van der Waals surface area contributed by atoms with Gasteiger partial charge in [-0.05, 0) is 6.07 Å². The van der Waals surface area contributed by atoms with Gasteiger partial charge in [-0.25, -0.2) is 4.79 Å². The lowest BCUT2D eigenvalue weighted by molar-refractivity contribution is -0.384. The van der Waals surface area contributed by atoms with E-state index in [1.807, 2.05) is 0 Å². The Kier molecular flexibility index (Phi) is 5.06. The minimum atomic E-state index is -0.626. The number of esters is 1. The lowest BCUT2D eigenvalue weighted by Gasteiger charge is -2.10. The first-order valence-electron chi connectivity index (χ1n) is 5.19. The molecule has 1 rings (SSSR count). The number of nitro groups is 1. The van der Waals surface area contributed by atoms with E-state index >= 15 is 0 Å². The number of anilines is 1. The lowest BCUT2D eigenvalue weighted by atomic mass is 10.1. The monoisotopic (exact) mass is 254 g/mol. The summed E-state index contributed by atoms with van der Waals surface area (Å²) < 4.78 is 9.45. The van der Waals surface area contributed by atoms with Crippen molar-refractivity contribution in [3.8, 4) is 0 Å². The highest BCUT2D eigenvalue weighted by Gasteiger charge is 2.16. The molecule has 0 saturated carbocycles. The summed E-state index contributed by atoms with van der Waals surface area (Å²) in [5.74, 6) is -0.626. The maximum Gasteiger partial charge on any atom is 0.340 e. The van der Waals surface area contributed by atoms with Gasteiger partial charge in [0.25, 0.3) is 5.69 Å². The number of non-ortho nitro benzene ring substituents is 1. The average molecular weight is 254 g/mol. The molecule has 7 heteroatoms. The van der Waals surface area contributed by atoms with Gasteiger partial charge in [-0.2, -0.15) is 0 Å². The minimum Gasteiger partial charge on any atom is -0.465 e. The number of hydrogen-bond donors (Lipinski definition) is 1. The van der Waals surface area contributed by atoms with E-state index < -0.39 is 10.9 Å². The third kappa shape index (κ3) is 3.42. The summed E-state index contributed by atoms with van der Waals surface area (Å²) in [5, 5.41) is 13.6. The summed E-state index contributed by atoms with van der Waals surface area (Å²) in [7, 11) is 2.78. The van der Waals surface area contributed by atoms with E-state index in [-0.39, 0.29) is 11.3 Å². The fraction of sp³-hybridized carbons (Fsp3) is 0.364. The molecule has 0 radical (unpaired) electrons. The third-order valence-electron chi connectivity index (χ3n) is 2.24. The number of nitrogens with zero attached hydrogens (tertiary/aromatic N) is 1. The van der Waals surface area contributed by atoms with Crippen molar-refractivity contribution in [3.63, 3.8) is 0 Å². The number of hydrogen-bond acceptors (Lipinski definition) is 6. The van der Waals surface area contributed by atoms with Crippen molar-refractivity contribution in [2.75, 3.05) is 32.7 Å². The van der Waals surface area contributed by atoms with Crippen LogP contribution in [0.1, 0.15) is 10.4 Å². The Morgan fingerprint density at radius 1 is 1.44 bits per heavy atom. The molecule has 7 nitrogen and oxygen atoms in total. The molecular formula is C11H14N2O5. The third-order valence-corrected chi connectivity index (χ3v) is 2.24.